The van der Waals surface area contributed by atoms with E-state index in [1.165, 1.54) is 18.9 Å². The molecule has 1 amide bonds. The molecule has 8 heteroatoms. The van der Waals surface area contributed by atoms with Crippen molar-refractivity contribution in [2.75, 3.05) is 34.3 Å². The zero-order valence-corrected chi connectivity index (χ0v) is 18.6. The Labute approximate surface area is 177 Å². The first kappa shape index (κ1) is 23.4. The number of ketones is 1. The number of carbonyl (C=O) groups excluding carboxylic acids is 3. The summed E-state index contributed by atoms with van der Waals surface area (Å²) < 4.78 is 10.5. The molecular weight excluding hydrogens is 388 g/mol. The fraction of sp³-hybridized carbons (Fsp3) is 0.500. The summed E-state index contributed by atoms with van der Waals surface area (Å²) >= 11 is 0. The Morgan fingerprint density at radius 1 is 1.20 bits per heavy atom. The van der Waals surface area contributed by atoms with Crippen LogP contribution < -0.4 is 9.47 Å². The van der Waals surface area contributed by atoms with E-state index in [-0.39, 0.29) is 17.1 Å². The number of benzene rings is 1. The van der Waals surface area contributed by atoms with Crippen molar-refractivity contribution in [2.24, 2.45) is 5.41 Å². The van der Waals surface area contributed by atoms with E-state index in [1.54, 1.807) is 39.0 Å². The second kappa shape index (κ2) is 8.87. The number of carbonyl (C=O) groups is 3. The summed E-state index contributed by atoms with van der Waals surface area (Å²) in [5, 5.41) is 10.6. The van der Waals surface area contributed by atoms with Crippen LogP contribution in [0.1, 0.15) is 39.3 Å². The largest absolute Gasteiger partial charge is 0.503 e. The number of aliphatic hydroxyl groups excluding tert-OH is 1. The van der Waals surface area contributed by atoms with Crippen molar-refractivity contribution < 1.29 is 29.0 Å². The van der Waals surface area contributed by atoms with Crippen molar-refractivity contribution in [1.82, 2.24) is 9.80 Å². The lowest BCUT2D eigenvalue weighted by molar-refractivity contribution is -0.132. The minimum absolute atomic E-state index is 0.0465. The predicted octanol–water partition coefficient (Wildman–Crippen LogP) is 2.49. The molecule has 0 aromatic heterocycles. The number of hydrogen-bond acceptors (Lipinski definition) is 7. The highest BCUT2D eigenvalue weighted by Gasteiger charge is 2.46. The van der Waals surface area contributed by atoms with Crippen molar-refractivity contribution in [2.45, 2.75) is 33.7 Å². The predicted molar refractivity (Wildman–Crippen MR) is 111 cm³/mol. The summed E-state index contributed by atoms with van der Waals surface area (Å²) in [7, 11) is 5.19. The second-order valence-electron chi connectivity index (χ2n) is 8.55. The summed E-state index contributed by atoms with van der Waals surface area (Å²) in [5.74, 6) is -1.47. The number of methoxy groups -OCH3 is 1. The Morgan fingerprint density at radius 2 is 1.83 bits per heavy atom. The SMILES string of the molecule is COc1ccc(C2C(C(=O)C(C)(C)C)=C(O)C(=O)N2CCN(C)C)cc1OC(C)=O. The third-order valence-corrected chi connectivity index (χ3v) is 4.77. The lowest BCUT2D eigenvalue weighted by atomic mass is 9.82. The lowest BCUT2D eigenvalue weighted by Gasteiger charge is -2.30. The summed E-state index contributed by atoms with van der Waals surface area (Å²) in [5.41, 5.74) is -0.217. The minimum atomic E-state index is -0.801. The lowest BCUT2D eigenvalue weighted by Crippen LogP contribution is -2.37. The first-order chi connectivity index (χ1) is 13.9. The molecule has 1 heterocycles. The Kier molecular flexibility index (Phi) is 6.92. The highest BCUT2D eigenvalue weighted by Crippen LogP contribution is 2.42. The number of esters is 1. The summed E-state index contributed by atoms with van der Waals surface area (Å²) in [6.07, 6.45) is 0. The van der Waals surface area contributed by atoms with Crippen molar-refractivity contribution in [1.29, 1.82) is 0 Å². The van der Waals surface area contributed by atoms with Crippen molar-refractivity contribution in [3.8, 4) is 11.5 Å². The van der Waals surface area contributed by atoms with Gasteiger partial charge >= 0.3 is 5.97 Å². The molecule has 30 heavy (non-hydrogen) atoms. The molecule has 1 aliphatic rings. The van der Waals surface area contributed by atoms with Crippen LogP contribution in [0.15, 0.2) is 29.5 Å². The molecule has 0 radical (unpaired) electrons. The van der Waals surface area contributed by atoms with Gasteiger partial charge in [0.15, 0.2) is 23.0 Å². The fourth-order valence-electron chi connectivity index (χ4n) is 3.27. The maximum atomic E-state index is 13.2. The number of aliphatic hydroxyl groups is 1. The van der Waals surface area contributed by atoms with Crippen LogP contribution in [0.5, 0.6) is 11.5 Å². The van der Waals surface area contributed by atoms with E-state index >= 15 is 0 Å². The van der Waals surface area contributed by atoms with E-state index in [0.717, 1.165) is 0 Å². The smallest absolute Gasteiger partial charge is 0.308 e. The molecule has 1 aliphatic heterocycles. The van der Waals surface area contributed by atoms with Gasteiger partial charge in [-0.25, -0.2) is 0 Å². The average molecular weight is 418 g/mol. The Balaban J connectivity index is 2.63. The van der Waals surface area contributed by atoms with Gasteiger partial charge in [0.1, 0.15) is 0 Å². The van der Waals surface area contributed by atoms with Gasteiger partial charge in [-0.3, -0.25) is 14.4 Å². The molecule has 164 valence electrons. The maximum absolute atomic E-state index is 13.2. The van der Waals surface area contributed by atoms with E-state index in [2.05, 4.69) is 0 Å². The Bertz CT molecular complexity index is 882. The standard InChI is InChI=1S/C22H30N2O6/c1-13(25)30-16-12-14(8-9-15(16)29-7)18-17(20(27)22(2,3)4)19(26)21(28)24(18)11-10-23(5)6/h8-9,12,18,26H,10-11H2,1-7H3. The molecule has 0 spiro atoms. The summed E-state index contributed by atoms with van der Waals surface area (Å²) in [6.45, 7) is 7.32. The van der Waals surface area contributed by atoms with Crippen molar-refractivity contribution in [3.63, 3.8) is 0 Å². The van der Waals surface area contributed by atoms with Crippen LogP contribution in [0.25, 0.3) is 0 Å². The third-order valence-electron chi connectivity index (χ3n) is 4.77. The minimum Gasteiger partial charge on any atom is -0.503 e. The van der Waals surface area contributed by atoms with Crippen LogP contribution >= 0.6 is 0 Å². The van der Waals surface area contributed by atoms with Gasteiger partial charge in [0.2, 0.25) is 0 Å². The molecular formula is C22H30N2O6. The Morgan fingerprint density at radius 3 is 2.33 bits per heavy atom. The number of Topliss-reactive ketones (excluding diaryl/α,β-unsaturated/α-hetero) is 1. The molecule has 0 fully saturated rings. The van der Waals surface area contributed by atoms with Gasteiger partial charge in [-0.1, -0.05) is 26.8 Å². The van der Waals surface area contributed by atoms with Gasteiger partial charge in [0.05, 0.1) is 18.7 Å². The highest BCUT2D eigenvalue weighted by molar-refractivity contribution is 6.10. The summed E-state index contributed by atoms with van der Waals surface area (Å²) in [4.78, 5) is 40.9. The van der Waals surface area contributed by atoms with Crippen LogP contribution in [-0.4, -0.2) is 66.9 Å². The van der Waals surface area contributed by atoms with E-state index in [4.69, 9.17) is 9.47 Å². The van der Waals surface area contributed by atoms with Crippen LogP contribution in [0.3, 0.4) is 0 Å². The molecule has 0 saturated heterocycles. The highest BCUT2D eigenvalue weighted by atomic mass is 16.6. The number of ether oxygens (including phenoxy) is 2. The van der Waals surface area contributed by atoms with E-state index in [0.29, 0.717) is 24.4 Å². The van der Waals surface area contributed by atoms with Gasteiger partial charge in [-0.15, -0.1) is 0 Å². The maximum Gasteiger partial charge on any atom is 0.308 e. The number of nitrogens with zero attached hydrogens (tertiary/aromatic N) is 2. The number of likely N-dealkylation sites (N-methyl/N-ethyl adjacent to an activating group) is 1. The molecule has 0 bridgehead atoms. The normalized spacial score (nSPS) is 17.0. The topological polar surface area (TPSA) is 96.4 Å². The van der Waals surface area contributed by atoms with Crippen LogP contribution in [0, 0.1) is 5.41 Å². The molecule has 8 nitrogen and oxygen atoms in total. The van der Waals surface area contributed by atoms with E-state index in [1.807, 2.05) is 19.0 Å². The molecule has 1 aromatic carbocycles. The molecule has 1 N–H and O–H groups in total. The zero-order chi connectivity index (χ0) is 22.8. The third kappa shape index (κ3) is 4.81. The molecule has 1 atom stereocenters. The first-order valence-electron chi connectivity index (χ1n) is 9.68. The van der Waals surface area contributed by atoms with Gasteiger partial charge < -0.3 is 24.4 Å². The number of rotatable bonds is 7. The van der Waals surface area contributed by atoms with Crippen LogP contribution in [0.4, 0.5) is 0 Å². The van der Waals surface area contributed by atoms with E-state index < -0.39 is 29.1 Å². The molecule has 0 aliphatic carbocycles. The van der Waals surface area contributed by atoms with E-state index in [9.17, 15) is 19.5 Å². The molecule has 1 unspecified atom stereocenters. The molecule has 0 saturated carbocycles. The van der Waals surface area contributed by atoms with Gasteiger partial charge in [-0.2, -0.15) is 0 Å². The summed E-state index contributed by atoms with van der Waals surface area (Å²) in [6, 6.07) is 4.07. The van der Waals surface area contributed by atoms with Crippen LogP contribution in [0.2, 0.25) is 0 Å². The van der Waals surface area contributed by atoms with Gasteiger partial charge in [-0.05, 0) is 31.8 Å². The average Bonchev–Trinajstić information content (AvgIpc) is 2.88. The van der Waals surface area contributed by atoms with Gasteiger partial charge in [0, 0.05) is 25.4 Å². The Hall–Kier alpha value is -2.87. The van der Waals surface area contributed by atoms with Crippen LogP contribution in [-0.2, 0) is 14.4 Å². The monoisotopic (exact) mass is 418 g/mol. The first-order valence-corrected chi connectivity index (χ1v) is 9.68. The number of hydrogen-bond donors (Lipinski definition) is 1. The molecule has 1 aromatic rings. The second-order valence-corrected chi connectivity index (χ2v) is 8.55. The zero-order valence-electron chi connectivity index (χ0n) is 18.6. The molecule has 2 rings (SSSR count). The number of amides is 1. The van der Waals surface area contributed by atoms with Gasteiger partial charge in [0.25, 0.3) is 5.91 Å². The van der Waals surface area contributed by atoms with Crippen molar-refractivity contribution >= 4 is 17.7 Å². The quantitative estimate of drug-likeness (QED) is 0.537. The fourth-order valence-corrected chi connectivity index (χ4v) is 3.27. The van der Waals surface area contributed by atoms with Crippen molar-refractivity contribution in [3.05, 3.63) is 35.1 Å².